The molecular weight excluding hydrogens is 328 g/mol. The molecule has 0 spiro atoms. The highest BCUT2D eigenvalue weighted by molar-refractivity contribution is 7.89. The summed E-state index contributed by atoms with van der Waals surface area (Å²) in [6.45, 7) is 2.87. The number of hydrogen-bond donors (Lipinski definition) is 0. The molecule has 1 amide bonds. The minimum atomic E-state index is -3.53. The number of amides is 1. The first-order valence-electron chi connectivity index (χ1n) is 8.87. The highest BCUT2D eigenvalue weighted by Crippen LogP contribution is 2.19. The molecule has 3 rings (SSSR count). The molecule has 1 aromatic rings. The molecule has 0 atom stereocenters. The minimum Gasteiger partial charge on any atom is -0.341 e. The summed E-state index contributed by atoms with van der Waals surface area (Å²) in [5.74, 6) is 0.0382. The second kappa shape index (κ2) is 7.65. The number of hydrogen-bond acceptors (Lipinski definition) is 4. The average Bonchev–Trinajstić information content (AvgIpc) is 2.89. The summed E-state index contributed by atoms with van der Waals surface area (Å²) < 4.78 is 28.3. The van der Waals surface area contributed by atoms with Gasteiger partial charge < -0.3 is 9.47 Å². The Bertz CT molecular complexity index is 657. The van der Waals surface area contributed by atoms with Crippen molar-refractivity contribution in [3.05, 3.63) is 12.5 Å². The first kappa shape index (κ1) is 17.4. The van der Waals surface area contributed by atoms with Crippen LogP contribution in [0.5, 0.6) is 0 Å². The number of sulfonamides is 1. The molecule has 2 aliphatic heterocycles. The van der Waals surface area contributed by atoms with Crippen LogP contribution in [0.1, 0.15) is 44.9 Å². The van der Waals surface area contributed by atoms with Gasteiger partial charge in [0.05, 0.1) is 6.33 Å². The molecule has 7 nitrogen and oxygen atoms in total. The third-order valence-electron chi connectivity index (χ3n) is 4.81. The van der Waals surface area contributed by atoms with Crippen LogP contribution in [0.4, 0.5) is 0 Å². The Morgan fingerprint density at radius 3 is 2.21 bits per heavy atom. The van der Waals surface area contributed by atoms with Crippen LogP contribution in [0.15, 0.2) is 17.6 Å². The Morgan fingerprint density at radius 2 is 1.54 bits per heavy atom. The number of rotatable bonds is 4. The Hall–Kier alpha value is -1.41. The Morgan fingerprint density at radius 1 is 0.958 bits per heavy atom. The minimum absolute atomic E-state index is 0.0382. The van der Waals surface area contributed by atoms with Gasteiger partial charge in [0.1, 0.15) is 6.54 Å². The van der Waals surface area contributed by atoms with E-state index in [9.17, 15) is 13.2 Å². The number of carbonyl (C=O) groups excluding carboxylic acids is 1. The molecule has 2 aliphatic rings. The van der Waals surface area contributed by atoms with Crippen LogP contribution in [0.25, 0.3) is 0 Å². The largest absolute Gasteiger partial charge is 0.341 e. The van der Waals surface area contributed by atoms with Gasteiger partial charge >= 0.3 is 0 Å². The second-order valence-corrected chi connectivity index (χ2v) is 8.53. The van der Waals surface area contributed by atoms with Crippen molar-refractivity contribution in [3.8, 4) is 0 Å². The molecule has 134 valence electrons. The summed E-state index contributed by atoms with van der Waals surface area (Å²) in [7, 11) is -3.53. The van der Waals surface area contributed by atoms with Crippen LogP contribution >= 0.6 is 0 Å². The van der Waals surface area contributed by atoms with E-state index in [-0.39, 0.29) is 17.5 Å². The van der Waals surface area contributed by atoms with Crippen LogP contribution in [-0.2, 0) is 21.4 Å². The average molecular weight is 354 g/mol. The molecule has 2 fully saturated rings. The SMILES string of the molecule is O=C(Cn1cnc(S(=O)(=O)N2CCCCC2)c1)N1CCCCCC1. The van der Waals surface area contributed by atoms with Crippen LogP contribution in [0.3, 0.4) is 0 Å². The smallest absolute Gasteiger partial charge is 0.262 e. The lowest BCUT2D eigenvalue weighted by Crippen LogP contribution is -2.36. The molecule has 8 heteroatoms. The summed E-state index contributed by atoms with van der Waals surface area (Å²) in [5.41, 5.74) is 0. The van der Waals surface area contributed by atoms with Gasteiger partial charge in [-0.15, -0.1) is 0 Å². The summed E-state index contributed by atoms with van der Waals surface area (Å²) >= 11 is 0. The van der Waals surface area contributed by atoms with Crippen molar-refractivity contribution in [1.29, 1.82) is 0 Å². The van der Waals surface area contributed by atoms with Crippen molar-refractivity contribution < 1.29 is 13.2 Å². The number of likely N-dealkylation sites (tertiary alicyclic amines) is 1. The maximum atomic E-state index is 12.6. The highest BCUT2D eigenvalue weighted by Gasteiger charge is 2.28. The molecule has 2 saturated heterocycles. The van der Waals surface area contributed by atoms with Crippen molar-refractivity contribution in [3.63, 3.8) is 0 Å². The van der Waals surface area contributed by atoms with E-state index in [4.69, 9.17) is 0 Å². The van der Waals surface area contributed by atoms with Crippen LogP contribution in [0, 0.1) is 0 Å². The predicted molar refractivity (Wildman–Crippen MR) is 89.9 cm³/mol. The molecule has 0 N–H and O–H groups in total. The zero-order chi connectivity index (χ0) is 17.0. The van der Waals surface area contributed by atoms with Crippen molar-refractivity contribution >= 4 is 15.9 Å². The van der Waals surface area contributed by atoms with E-state index in [1.165, 1.54) is 29.7 Å². The van der Waals surface area contributed by atoms with Gasteiger partial charge in [-0.3, -0.25) is 4.79 Å². The van der Waals surface area contributed by atoms with Crippen LogP contribution in [-0.4, -0.2) is 59.3 Å². The van der Waals surface area contributed by atoms with E-state index in [1.807, 2.05) is 4.90 Å². The molecule has 0 bridgehead atoms. The lowest BCUT2D eigenvalue weighted by molar-refractivity contribution is -0.131. The van der Waals surface area contributed by atoms with Crippen molar-refractivity contribution in [1.82, 2.24) is 18.8 Å². The van der Waals surface area contributed by atoms with Gasteiger partial charge in [0, 0.05) is 32.4 Å². The summed E-state index contributed by atoms with van der Waals surface area (Å²) in [6.07, 6.45) is 10.2. The maximum absolute atomic E-state index is 12.6. The number of imidazole rings is 1. The maximum Gasteiger partial charge on any atom is 0.262 e. The van der Waals surface area contributed by atoms with Gasteiger partial charge in [-0.2, -0.15) is 4.31 Å². The summed E-state index contributed by atoms with van der Waals surface area (Å²) in [4.78, 5) is 18.3. The number of carbonyl (C=O) groups is 1. The zero-order valence-corrected chi connectivity index (χ0v) is 14.9. The van der Waals surface area contributed by atoms with E-state index < -0.39 is 10.0 Å². The normalized spacial score (nSPS) is 20.8. The first-order valence-corrected chi connectivity index (χ1v) is 10.3. The van der Waals surface area contributed by atoms with E-state index in [0.29, 0.717) is 13.1 Å². The van der Waals surface area contributed by atoms with E-state index >= 15 is 0 Å². The van der Waals surface area contributed by atoms with E-state index in [1.54, 1.807) is 4.57 Å². The van der Waals surface area contributed by atoms with Crippen LogP contribution < -0.4 is 0 Å². The van der Waals surface area contributed by atoms with Gasteiger partial charge in [-0.05, 0) is 25.7 Å². The van der Waals surface area contributed by atoms with Gasteiger partial charge in [0.25, 0.3) is 10.0 Å². The number of aromatic nitrogens is 2. The van der Waals surface area contributed by atoms with Gasteiger partial charge in [-0.25, -0.2) is 13.4 Å². The quantitative estimate of drug-likeness (QED) is 0.820. The van der Waals surface area contributed by atoms with Crippen molar-refractivity contribution in [2.24, 2.45) is 0 Å². The number of nitrogens with zero attached hydrogens (tertiary/aromatic N) is 4. The van der Waals surface area contributed by atoms with Crippen molar-refractivity contribution in [2.75, 3.05) is 26.2 Å². The summed E-state index contributed by atoms with van der Waals surface area (Å²) in [5, 5.41) is 0.0491. The third kappa shape index (κ3) is 3.97. The Labute approximate surface area is 143 Å². The molecule has 0 radical (unpaired) electrons. The number of piperidine rings is 1. The molecule has 0 aliphatic carbocycles. The van der Waals surface area contributed by atoms with Gasteiger partial charge in [0.2, 0.25) is 5.91 Å². The van der Waals surface area contributed by atoms with E-state index in [2.05, 4.69) is 4.98 Å². The highest BCUT2D eigenvalue weighted by atomic mass is 32.2. The van der Waals surface area contributed by atoms with Gasteiger partial charge in [-0.1, -0.05) is 19.3 Å². The van der Waals surface area contributed by atoms with Gasteiger partial charge in [0.15, 0.2) is 5.03 Å². The topological polar surface area (TPSA) is 75.5 Å². The monoisotopic (exact) mass is 354 g/mol. The lowest BCUT2D eigenvalue weighted by atomic mass is 10.2. The molecule has 0 saturated carbocycles. The molecule has 0 unspecified atom stereocenters. The fraction of sp³-hybridized carbons (Fsp3) is 0.750. The molecule has 1 aromatic heterocycles. The lowest BCUT2D eigenvalue weighted by Gasteiger charge is -2.24. The van der Waals surface area contributed by atoms with E-state index in [0.717, 1.165) is 45.2 Å². The fourth-order valence-corrected chi connectivity index (χ4v) is 4.83. The zero-order valence-electron chi connectivity index (χ0n) is 14.1. The molecule has 3 heterocycles. The first-order chi connectivity index (χ1) is 11.6. The van der Waals surface area contributed by atoms with Crippen molar-refractivity contribution in [2.45, 2.75) is 56.5 Å². The Kier molecular flexibility index (Phi) is 5.55. The third-order valence-corrected chi connectivity index (χ3v) is 6.59. The second-order valence-electron chi connectivity index (χ2n) is 6.64. The Balaban J connectivity index is 1.65. The standard InChI is InChI=1S/C16H26N4O3S/c21-16(19-8-4-1-2-5-9-19)13-18-12-15(17-14-18)24(22,23)20-10-6-3-7-11-20/h12,14H,1-11,13H2. The molecule has 0 aromatic carbocycles. The molecule has 24 heavy (non-hydrogen) atoms. The fourth-order valence-electron chi connectivity index (χ4n) is 3.37. The molecular formula is C16H26N4O3S. The predicted octanol–water partition coefficient (Wildman–Crippen LogP) is 1.46. The summed E-state index contributed by atoms with van der Waals surface area (Å²) in [6, 6.07) is 0. The van der Waals surface area contributed by atoms with Crippen LogP contribution in [0.2, 0.25) is 0 Å².